The van der Waals surface area contributed by atoms with E-state index in [9.17, 15) is 4.39 Å². The Hall–Kier alpha value is -1.98. The van der Waals surface area contributed by atoms with Crippen molar-refractivity contribution < 1.29 is 4.39 Å². The molecule has 3 aliphatic rings. The first-order chi connectivity index (χ1) is 15.7. The van der Waals surface area contributed by atoms with Gasteiger partial charge in [-0.25, -0.2) is 9.37 Å². The monoisotopic (exact) mass is 478 g/mol. The number of allylic oxidation sites excluding steroid dienone is 3. The maximum absolute atomic E-state index is 14.9. The topological polar surface area (TPSA) is 16.1 Å². The van der Waals surface area contributed by atoms with Gasteiger partial charge in [0.2, 0.25) is 0 Å². The van der Waals surface area contributed by atoms with Gasteiger partial charge in [-0.3, -0.25) is 0 Å². The minimum atomic E-state index is -0.169. The van der Waals surface area contributed by atoms with Gasteiger partial charge in [0.25, 0.3) is 0 Å². The summed E-state index contributed by atoms with van der Waals surface area (Å²) in [6, 6.07) is 1.61. The Bertz CT molecular complexity index is 1290. The van der Waals surface area contributed by atoms with Crippen LogP contribution in [-0.2, 0) is 13.0 Å². The molecule has 172 valence electrons. The molecule has 0 bridgehead atoms. The fraction of sp³-hybridized carbons (Fsp3) is 0.393. The van der Waals surface area contributed by atoms with Crippen molar-refractivity contribution in [1.82, 2.24) is 9.88 Å². The highest BCUT2D eigenvalue weighted by atomic mass is 32.1. The summed E-state index contributed by atoms with van der Waals surface area (Å²) in [5.74, 6) is -0.169. The molecule has 2 aromatic rings. The molecule has 2 aliphatic heterocycles. The average Bonchev–Trinajstić information content (AvgIpc) is 3.02. The Morgan fingerprint density at radius 2 is 2.12 bits per heavy atom. The van der Waals surface area contributed by atoms with Crippen LogP contribution < -0.4 is 0 Å². The number of aromatic nitrogens is 1. The van der Waals surface area contributed by atoms with E-state index in [0.717, 1.165) is 83.3 Å². The second kappa shape index (κ2) is 8.35. The van der Waals surface area contributed by atoms with Gasteiger partial charge in [0.05, 0.1) is 23.5 Å². The molecule has 5 rings (SSSR count). The number of rotatable bonds is 4. The van der Waals surface area contributed by atoms with Crippen molar-refractivity contribution in [3.8, 4) is 0 Å². The van der Waals surface area contributed by atoms with Crippen molar-refractivity contribution in [3.05, 3.63) is 81.5 Å². The molecule has 0 radical (unpaired) electrons. The van der Waals surface area contributed by atoms with Gasteiger partial charge in [-0.15, -0.1) is 6.58 Å². The number of halogens is 1. The predicted molar refractivity (Wildman–Crippen MR) is 143 cm³/mol. The number of thiol groups is 2. The molecule has 0 spiro atoms. The second-order valence-electron chi connectivity index (χ2n) is 9.75. The summed E-state index contributed by atoms with van der Waals surface area (Å²) in [5, 5.41) is 1.31. The molecule has 0 saturated carbocycles. The molecule has 2 atom stereocenters. The lowest BCUT2D eigenvalue weighted by Gasteiger charge is -2.32. The lowest BCUT2D eigenvalue weighted by atomic mass is 9.91. The fourth-order valence-corrected chi connectivity index (χ4v) is 6.33. The van der Waals surface area contributed by atoms with E-state index in [-0.39, 0.29) is 16.3 Å². The van der Waals surface area contributed by atoms with E-state index >= 15 is 0 Å². The van der Waals surface area contributed by atoms with Crippen LogP contribution in [0.4, 0.5) is 4.39 Å². The molecule has 0 amide bonds. The van der Waals surface area contributed by atoms with Crippen LogP contribution in [0.1, 0.15) is 72.7 Å². The molecule has 2 unspecified atom stereocenters. The second-order valence-corrected chi connectivity index (χ2v) is 11.1. The quantitative estimate of drug-likeness (QED) is 0.347. The van der Waals surface area contributed by atoms with E-state index in [2.05, 4.69) is 38.0 Å². The molecule has 1 aromatic heterocycles. The molecule has 33 heavy (non-hydrogen) atoms. The number of nitrogens with zero attached hydrogens (tertiary/aromatic N) is 2. The van der Waals surface area contributed by atoms with Gasteiger partial charge in [0, 0.05) is 33.2 Å². The van der Waals surface area contributed by atoms with E-state index in [1.165, 1.54) is 22.3 Å². The fourth-order valence-electron chi connectivity index (χ4n) is 5.63. The van der Waals surface area contributed by atoms with Crippen LogP contribution in [0.3, 0.4) is 0 Å². The number of hydrogen-bond donors (Lipinski definition) is 2. The van der Waals surface area contributed by atoms with E-state index in [4.69, 9.17) is 30.2 Å². The molecule has 2 nitrogen and oxygen atoms in total. The lowest BCUT2D eigenvalue weighted by Crippen LogP contribution is -2.22. The highest BCUT2D eigenvalue weighted by Crippen LogP contribution is 2.49. The van der Waals surface area contributed by atoms with E-state index in [0.29, 0.717) is 0 Å². The van der Waals surface area contributed by atoms with Gasteiger partial charge in [0.15, 0.2) is 0 Å². The van der Waals surface area contributed by atoms with E-state index in [1.807, 2.05) is 6.92 Å². The largest absolute Gasteiger partial charge is 0.335 e. The Morgan fingerprint density at radius 1 is 1.36 bits per heavy atom. The molecule has 5 heteroatoms. The summed E-state index contributed by atoms with van der Waals surface area (Å²) in [6.07, 6.45) is 6.91. The molecule has 3 heterocycles. The van der Waals surface area contributed by atoms with Gasteiger partial charge >= 0.3 is 0 Å². The van der Waals surface area contributed by atoms with Gasteiger partial charge in [-0.1, -0.05) is 12.2 Å². The van der Waals surface area contributed by atoms with Crippen LogP contribution in [0, 0.1) is 12.7 Å². The predicted octanol–water partition coefficient (Wildman–Crippen LogP) is 7.64. The summed E-state index contributed by atoms with van der Waals surface area (Å²) >= 11 is 9.83. The van der Waals surface area contributed by atoms with Crippen LogP contribution in [0.25, 0.3) is 16.6 Å². The van der Waals surface area contributed by atoms with Crippen molar-refractivity contribution in [2.45, 2.75) is 69.9 Å². The Labute approximate surface area is 207 Å². The van der Waals surface area contributed by atoms with Crippen molar-refractivity contribution in [1.29, 1.82) is 0 Å². The number of pyridine rings is 1. The first-order valence-corrected chi connectivity index (χ1v) is 12.8. The van der Waals surface area contributed by atoms with Crippen LogP contribution in [0.2, 0.25) is 0 Å². The average molecular weight is 479 g/mol. The third-order valence-corrected chi connectivity index (χ3v) is 8.19. The highest BCUT2D eigenvalue weighted by Gasteiger charge is 2.37. The standard InChI is InChI=1S/C28H31FN2S2/c1-14(2)9-10-19-16(4)31-13-21-27-25(33)8-6-7-18-15(3)22(29)12-23(26(18)27)30-28(21)24(31)11-20(19)17(5)32/h11-12,17,25,32-33H,1,4,6-10,13H2,2-3,5H3. The summed E-state index contributed by atoms with van der Waals surface area (Å²) < 4.78 is 14.9. The van der Waals surface area contributed by atoms with Gasteiger partial charge in [-0.2, -0.15) is 25.3 Å². The molecule has 0 fully saturated rings. The van der Waals surface area contributed by atoms with Crippen molar-refractivity contribution >= 4 is 41.9 Å². The molecule has 0 saturated heterocycles. The Kier molecular flexibility index (Phi) is 5.77. The van der Waals surface area contributed by atoms with Crippen LogP contribution in [0.15, 0.2) is 47.7 Å². The summed E-state index contributed by atoms with van der Waals surface area (Å²) in [5.41, 5.74) is 11.7. The van der Waals surface area contributed by atoms with Gasteiger partial charge in [0.1, 0.15) is 5.82 Å². The van der Waals surface area contributed by atoms with Gasteiger partial charge in [-0.05, 0) is 86.8 Å². The van der Waals surface area contributed by atoms with Crippen LogP contribution in [0.5, 0.6) is 0 Å². The zero-order valence-electron chi connectivity index (χ0n) is 19.6. The Balaban J connectivity index is 1.75. The summed E-state index contributed by atoms with van der Waals surface area (Å²) in [4.78, 5) is 7.35. The minimum Gasteiger partial charge on any atom is -0.335 e. The maximum atomic E-state index is 14.9. The lowest BCUT2D eigenvalue weighted by molar-refractivity contribution is 0.503. The maximum Gasteiger partial charge on any atom is 0.128 e. The minimum absolute atomic E-state index is 0.0758. The van der Waals surface area contributed by atoms with E-state index in [1.54, 1.807) is 6.07 Å². The van der Waals surface area contributed by atoms with Crippen molar-refractivity contribution in [3.63, 3.8) is 0 Å². The number of benzene rings is 1. The molecule has 0 N–H and O–H groups in total. The van der Waals surface area contributed by atoms with Crippen molar-refractivity contribution in [2.75, 3.05) is 0 Å². The number of aryl methyl sites for hydroxylation is 1. The molecular weight excluding hydrogens is 447 g/mol. The highest BCUT2D eigenvalue weighted by molar-refractivity contribution is 7.81. The number of fused-ring (bicyclic) bond motifs is 4. The van der Waals surface area contributed by atoms with Crippen molar-refractivity contribution in [2.24, 2.45) is 0 Å². The summed E-state index contributed by atoms with van der Waals surface area (Å²) in [6.45, 7) is 15.4. The zero-order valence-corrected chi connectivity index (χ0v) is 21.4. The smallest absolute Gasteiger partial charge is 0.128 e. The van der Waals surface area contributed by atoms with Crippen LogP contribution in [-0.4, -0.2) is 15.1 Å². The Morgan fingerprint density at radius 3 is 2.82 bits per heavy atom. The SMILES string of the molecule is C=C(C)CCC1=C(C(C)S)C=C2c3nc4cc(F)c(C)c5c4c(c3CN2C1=C)C(S)CCC5. The molecule has 1 aliphatic carbocycles. The molecule has 1 aromatic carbocycles. The molecular formula is C28H31FN2S2. The first kappa shape index (κ1) is 22.8. The normalized spacial score (nSPS) is 20.5. The van der Waals surface area contributed by atoms with E-state index < -0.39 is 0 Å². The number of hydrogen-bond acceptors (Lipinski definition) is 4. The van der Waals surface area contributed by atoms with Crippen LogP contribution >= 0.6 is 25.3 Å². The summed E-state index contributed by atoms with van der Waals surface area (Å²) in [7, 11) is 0. The zero-order chi connectivity index (χ0) is 23.6. The first-order valence-electron chi connectivity index (χ1n) is 11.8. The third kappa shape index (κ3) is 3.59. The van der Waals surface area contributed by atoms with Gasteiger partial charge < -0.3 is 4.90 Å². The third-order valence-electron chi connectivity index (χ3n) is 7.40.